The maximum Gasteiger partial charge on any atom is 0.238 e. The highest BCUT2D eigenvalue weighted by Gasteiger charge is 2.55. The van der Waals surface area contributed by atoms with E-state index in [1.165, 1.54) is 4.31 Å². The van der Waals surface area contributed by atoms with Crippen LogP contribution in [0.4, 0.5) is 0 Å². The van der Waals surface area contributed by atoms with E-state index in [0.717, 1.165) is 16.7 Å². The van der Waals surface area contributed by atoms with Crippen LogP contribution in [0.1, 0.15) is 28.2 Å². The largest absolute Gasteiger partial charge is 0.394 e. The number of carbonyl (C=O) groups excluding carboxylic acids is 1. The van der Waals surface area contributed by atoms with Crippen LogP contribution in [0.2, 0.25) is 0 Å². The number of carbonyl (C=O) groups is 1. The molecule has 0 radical (unpaired) electrons. The highest BCUT2D eigenvalue weighted by atomic mass is 32.2. The Hall–Kier alpha value is -3.51. The van der Waals surface area contributed by atoms with E-state index >= 15 is 0 Å². The third kappa shape index (κ3) is 4.71. The molecule has 5 rings (SSSR count). The topological polar surface area (TPSA) is 90.8 Å². The number of hydrogen-bond acceptors (Lipinski definition) is 5. The average molecular weight is 488 g/mol. The lowest BCUT2D eigenvalue weighted by atomic mass is 9.74. The van der Waals surface area contributed by atoms with Crippen molar-refractivity contribution in [3.63, 3.8) is 0 Å². The summed E-state index contributed by atoms with van der Waals surface area (Å²) in [7, 11) is -3.66. The highest BCUT2D eigenvalue weighted by molar-refractivity contribution is 7.88. The van der Waals surface area contributed by atoms with Gasteiger partial charge in [0.05, 0.1) is 31.0 Å². The zero-order valence-electron chi connectivity index (χ0n) is 19.0. The van der Waals surface area contributed by atoms with Crippen molar-refractivity contribution in [1.82, 2.24) is 14.2 Å². The summed E-state index contributed by atoms with van der Waals surface area (Å²) in [6.07, 6.45) is 3.40. The molecule has 7 nitrogen and oxygen atoms in total. The van der Waals surface area contributed by atoms with Crippen molar-refractivity contribution in [3.8, 4) is 11.8 Å². The first-order valence-corrected chi connectivity index (χ1v) is 13.0. The number of fused-ring (bicyclic) bond motifs is 1. The summed E-state index contributed by atoms with van der Waals surface area (Å²) in [6, 6.07) is 19.7. The zero-order valence-corrected chi connectivity index (χ0v) is 19.8. The van der Waals surface area contributed by atoms with Gasteiger partial charge >= 0.3 is 0 Å². The van der Waals surface area contributed by atoms with Crippen molar-refractivity contribution in [2.45, 2.75) is 23.8 Å². The van der Waals surface area contributed by atoms with Crippen LogP contribution in [0.15, 0.2) is 79.1 Å². The standard InChI is InChI=1S/C27H25N3O4S/c31-18-25-27(23-12-10-20(11-13-23)8-9-21-7-4-14-28-15-21)24-16-29(17-26(32)30(24)25)35(33,34)19-22-5-2-1-3-6-22/h1-7,10-15,24-25,27,31H,16-19H2/t24-,25-,27-/m0/s1. The summed E-state index contributed by atoms with van der Waals surface area (Å²) in [4.78, 5) is 18.6. The Morgan fingerprint density at radius 2 is 1.71 bits per heavy atom. The number of aliphatic hydroxyl groups excluding tert-OH is 1. The van der Waals surface area contributed by atoms with Gasteiger partial charge in [0.15, 0.2) is 0 Å². The molecule has 0 spiro atoms. The van der Waals surface area contributed by atoms with E-state index in [1.54, 1.807) is 41.6 Å². The molecule has 2 aromatic carbocycles. The van der Waals surface area contributed by atoms with Crippen molar-refractivity contribution >= 4 is 15.9 Å². The Bertz CT molecular complexity index is 1370. The SMILES string of the molecule is O=C1CN(S(=O)(=O)Cc2ccccc2)C[C@H]2[C@H](c3ccc(C#Cc4cccnc4)cc3)[C@H](CO)N12. The van der Waals surface area contributed by atoms with Gasteiger partial charge in [0.1, 0.15) is 0 Å². The second-order valence-electron chi connectivity index (χ2n) is 8.79. The number of aromatic nitrogens is 1. The van der Waals surface area contributed by atoms with E-state index in [0.29, 0.717) is 5.56 Å². The molecule has 8 heteroatoms. The van der Waals surface area contributed by atoms with Gasteiger partial charge in [-0.3, -0.25) is 9.78 Å². The van der Waals surface area contributed by atoms with Crippen LogP contribution in [0, 0.1) is 11.8 Å². The first-order chi connectivity index (χ1) is 17.0. The number of piperazine rings is 1. The predicted octanol–water partition coefficient (Wildman–Crippen LogP) is 1.98. The molecule has 1 aromatic heterocycles. The molecule has 3 atom stereocenters. The molecule has 178 valence electrons. The van der Waals surface area contributed by atoms with E-state index in [9.17, 15) is 18.3 Å². The molecule has 35 heavy (non-hydrogen) atoms. The monoisotopic (exact) mass is 487 g/mol. The maximum absolute atomic E-state index is 13.1. The summed E-state index contributed by atoms with van der Waals surface area (Å²) in [5.74, 6) is 5.61. The maximum atomic E-state index is 13.1. The molecule has 1 N–H and O–H groups in total. The Morgan fingerprint density at radius 3 is 2.40 bits per heavy atom. The predicted molar refractivity (Wildman–Crippen MR) is 132 cm³/mol. The lowest BCUT2D eigenvalue weighted by Crippen LogP contribution is -2.73. The Balaban J connectivity index is 1.34. The highest BCUT2D eigenvalue weighted by Crippen LogP contribution is 2.43. The van der Waals surface area contributed by atoms with E-state index in [-0.39, 0.29) is 49.4 Å². The molecule has 3 heterocycles. The van der Waals surface area contributed by atoms with Gasteiger partial charge in [-0.25, -0.2) is 8.42 Å². The van der Waals surface area contributed by atoms with Crippen LogP contribution in [0.3, 0.4) is 0 Å². The van der Waals surface area contributed by atoms with Crippen LogP contribution >= 0.6 is 0 Å². The molecular weight excluding hydrogens is 462 g/mol. The number of amides is 1. The number of sulfonamides is 1. The number of aliphatic hydroxyl groups is 1. The minimum Gasteiger partial charge on any atom is -0.394 e. The molecule has 0 aliphatic carbocycles. The Kier molecular flexibility index (Phi) is 6.39. The number of rotatable bonds is 5. The summed E-state index contributed by atoms with van der Waals surface area (Å²) < 4.78 is 27.5. The molecule has 2 aliphatic rings. The number of benzene rings is 2. The van der Waals surface area contributed by atoms with Gasteiger partial charge in [0.2, 0.25) is 15.9 Å². The third-order valence-corrected chi connectivity index (χ3v) is 8.38. The Morgan fingerprint density at radius 1 is 0.971 bits per heavy atom. The first-order valence-electron chi connectivity index (χ1n) is 11.4. The van der Waals surface area contributed by atoms with Gasteiger partial charge < -0.3 is 10.0 Å². The number of hydrogen-bond donors (Lipinski definition) is 1. The van der Waals surface area contributed by atoms with Gasteiger partial charge in [-0.15, -0.1) is 0 Å². The molecular formula is C27H25N3O4S. The van der Waals surface area contributed by atoms with Crippen molar-refractivity contribution < 1.29 is 18.3 Å². The molecule has 0 unspecified atom stereocenters. The molecule has 2 aliphatic heterocycles. The number of nitrogens with zero attached hydrogens (tertiary/aromatic N) is 3. The average Bonchev–Trinajstić information content (AvgIpc) is 2.85. The van der Waals surface area contributed by atoms with Crippen LogP contribution in [-0.4, -0.2) is 65.4 Å². The second kappa shape index (κ2) is 9.62. The quantitative estimate of drug-likeness (QED) is 0.556. The molecule has 1 amide bonds. The van der Waals surface area contributed by atoms with E-state index in [4.69, 9.17) is 0 Å². The Labute approximate surface area is 205 Å². The van der Waals surface area contributed by atoms with Gasteiger partial charge in [-0.1, -0.05) is 54.3 Å². The lowest BCUT2D eigenvalue weighted by Gasteiger charge is -2.58. The van der Waals surface area contributed by atoms with E-state index in [1.807, 2.05) is 42.5 Å². The van der Waals surface area contributed by atoms with Crippen LogP contribution < -0.4 is 0 Å². The van der Waals surface area contributed by atoms with E-state index in [2.05, 4.69) is 16.8 Å². The minimum atomic E-state index is -3.66. The van der Waals surface area contributed by atoms with Crippen molar-refractivity contribution in [2.75, 3.05) is 19.7 Å². The fourth-order valence-corrected chi connectivity index (χ4v) is 6.41. The van der Waals surface area contributed by atoms with Crippen molar-refractivity contribution in [1.29, 1.82) is 0 Å². The number of pyridine rings is 1. The van der Waals surface area contributed by atoms with Crippen LogP contribution in [-0.2, 0) is 20.6 Å². The van der Waals surface area contributed by atoms with Gasteiger partial charge in [0, 0.05) is 36.0 Å². The molecule has 0 saturated carbocycles. The normalized spacial score (nSPS) is 22.0. The summed E-state index contributed by atoms with van der Waals surface area (Å²) in [6.45, 7) is -0.158. The third-order valence-electron chi connectivity index (χ3n) is 6.61. The van der Waals surface area contributed by atoms with Crippen LogP contribution in [0.5, 0.6) is 0 Å². The first kappa shape index (κ1) is 23.2. The fourth-order valence-electron chi connectivity index (χ4n) is 4.93. The van der Waals surface area contributed by atoms with Crippen molar-refractivity contribution in [2.24, 2.45) is 0 Å². The molecule has 0 bridgehead atoms. The zero-order chi connectivity index (χ0) is 24.4. The smallest absolute Gasteiger partial charge is 0.238 e. The molecule has 3 aromatic rings. The lowest BCUT2D eigenvalue weighted by molar-refractivity contribution is -0.158. The molecule has 2 fully saturated rings. The van der Waals surface area contributed by atoms with E-state index < -0.39 is 10.0 Å². The van der Waals surface area contributed by atoms with Gasteiger partial charge in [0.25, 0.3) is 0 Å². The van der Waals surface area contributed by atoms with Gasteiger partial charge in [-0.05, 0) is 35.4 Å². The minimum absolute atomic E-state index is 0.147. The fraction of sp³-hybridized carbons (Fsp3) is 0.259. The molecule has 2 saturated heterocycles. The van der Waals surface area contributed by atoms with Crippen LogP contribution in [0.25, 0.3) is 0 Å². The summed E-state index contributed by atoms with van der Waals surface area (Å²) in [5, 5.41) is 10.0. The van der Waals surface area contributed by atoms with Crippen molar-refractivity contribution in [3.05, 3.63) is 101 Å². The summed E-state index contributed by atoms with van der Waals surface area (Å²) in [5.41, 5.74) is 3.29. The van der Waals surface area contributed by atoms with Gasteiger partial charge in [-0.2, -0.15) is 4.31 Å². The second-order valence-corrected chi connectivity index (χ2v) is 10.8. The summed E-state index contributed by atoms with van der Waals surface area (Å²) >= 11 is 0.